The van der Waals surface area contributed by atoms with Crippen molar-refractivity contribution in [1.82, 2.24) is 25.5 Å². The van der Waals surface area contributed by atoms with Crippen molar-refractivity contribution in [1.29, 1.82) is 0 Å². The largest absolute Gasteiger partial charge is 0.367 e. The molecule has 126 valence electrons. The molecular formula is C17H17N7O. The molecule has 0 aromatic carbocycles. The summed E-state index contributed by atoms with van der Waals surface area (Å²) in [5, 5.41) is 17.2. The van der Waals surface area contributed by atoms with Crippen LogP contribution in [0.3, 0.4) is 0 Å². The van der Waals surface area contributed by atoms with Gasteiger partial charge in [-0.2, -0.15) is 0 Å². The third kappa shape index (κ3) is 4.96. The highest BCUT2D eigenvalue weighted by molar-refractivity contribution is 5.93. The summed E-state index contributed by atoms with van der Waals surface area (Å²) in [7, 11) is 0. The van der Waals surface area contributed by atoms with Gasteiger partial charge in [-0.05, 0) is 36.4 Å². The average Bonchev–Trinajstić information content (AvgIpc) is 2.68. The molecular weight excluding hydrogens is 318 g/mol. The van der Waals surface area contributed by atoms with E-state index in [2.05, 4.69) is 36.1 Å². The quantitative estimate of drug-likeness (QED) is 0.566. The minimum Gasteiger partial charge on any atom is -0.367 e. The van der Waals surface area contributed by atoms with Gasteiger partial charge in [0, 0.05) is 49.1 Å². The van der Waals surface area contributed by atoms with E-state index >= 15 is 0 Å². The summed E-state index contributed by atoms with van der Waals surface area (Å²) >= 11 is 0. The second-order valence-corrected chi connectivity index (χ2v) is 5.08. The maximum absolute atomic E-state index is 11.9. The Morgan fingerprint density at radius 3 is 2.12 bits per heavy atom. The highest BCUT2D eigenvalue weighted by Gasteiger charge is 2.03. The van der Waals surface area contributed by atoms with Gasteiger partial charge in [0.1, 0.15) is 5.82 Å². The summed E-state index contributed by atoms with van der Waals surface area (Å²) in [6.45, 7) is 1.02. The number of amides is 1. The van der Waals surface area contributed by atoms with Crippen LogP contribution in [0.4, 0.5) is 17.3 Å². The SMILES string of the molecule is O=C(NCCNc1ccc(Nc2ccncc2)nn1)c1ccncc1. The summed E-state index contributed by atoms with van der Waals surface area (Å²) in [6.07, 6.45) is 6.58. The minimum absolute atomic E-state index is 0.132. The summed E-state index contributed by atoms with van der Waals surface area (Å²) in [4.78, 5) is 19.7. The molecule has 0 unspecified atom stereocenters. The third-order valence-electron chi connectivity index (χ3n) is 3.28. The fourth-order valence-electron chi connectivity index (χ4n) is 2.05. The predicted octanol–water partition coefficient (Wildman–Crippen LogP) is 1.85. The Balaban J connectivity index is 1.42. The number of anilines is 3. The molecule has 1 amide bonds. The maximum Gasteiger partial charge on any atom is 0.251 e. The second-order valence-electron chi connectivity index (χ2n) is 5.08. The lowest BCUT2D eigenvalue weighted by molar-refractivity contribution is 0.0955. The second kappa shape index (κ2) is 8.34. The number of aromatic nitrogens is 4. The summed E-state index contributed by atoms with van der Waals surface area (Å²) in [6, 6.07) is 10.7. The number of rotatable bonds is 7. The van der Waals surface area contributed by atoms with E-state index in [1.807, 2.05) is 24.3 Å². The van der Waals surface area contributed by atoms with Crippen LogP contribution in [0.15, 0.2) is 61.2 Å². The van der Waals surface area contributed by atoms with Gasteiger partial charge in [-0.1, -0.05) is 0 Å². The van der Waals surface area contributed by atoms with E-state index in [1.165, 1.54) is 0 Å². The van der Waals surface area contributed by atoms with E-state index < -0.39 is 0 Å². The topological polar surface area (TPSA) is 105 Å². The molecule has 0 saturated heterocycles. The van der Waals surface area contributed by atoms with Crippen molar-refractivity contribution in [2.45, 2.75) is 0 Å². The molecule has 0 aliphatic rings. The van der Waals surface area contributed by atoms with Crippen molar-refractivity contribution in [3.05, 3.63) is 66.7 Å². The summed E-state index contributed by atoms with van der Waals surface area (Å²) in [5.74, 6) is 1.15. The number of carbonyl (C=O) groups is 1. The Morgan fingerprint density at radius 2 is 1.44 bits per heavy atom. The van der Waals surface area contributed by atoms with Crippen LogP contribution < -0.4 is 16.0 Å². The monoisotopic (exact) mass is 335 g/mol. The highest BCUT2D eigenvalue weighted by Crippen LogP contribution is 2.13. The molecule has 0 radical (unpaired) electrons. The van der Waals surface area contributed by atoms with Crippen molar-refractivity contribution < 1.29 is 4.79 Å². The predicted molar refractivity (Wildman–Crippen MR) is 94.6 cm³/mol. The number of nitrogens with zero attached hydrogens (tertiary/aromatic N) is 4. The summed E-state index contributed by atoms with van der Waals surface area (Å²) in [5.41, 5.74) is 1.48. The Labute approximate surface area is 144 Å². The van der Waals surface area contributed by atoms with Gasteiger partial charge >= 0.3 is 0 Å². The fourth-order valence-corrected chi connectivity index (χ4v) is 2.05. The molecule has 3 N–H and O–H groups in total. The van der Waals surface area contributed by atoms with Gasteiger partial charge in [-0.25, -0.2) is 0 Å². The van der Waals surface area contributed by atoms with Crippen molar-refractivity contribution in [3.63, 3.8) is 0 Å². The average molecular weight is 335 g/mol. The van der Waals surface area contributed by atoms with Crippen LogP contribution in [-0.2, 0) is 0 Å². The molecule has 3 heterocycles. The van der Waals surface area contributed by atoms with E-state index in [0.717, 1.165) is 5.69 Å². The van der Waals surface area contributed by atoms with E-state index in [4.69, 9.17) is 0 Å². The molecule has 0 atom stereocenters. The first-order valence-corrected chi connectivity index (χ1v) is 7.74. The standard InChI is InChI=1S/C17H17N7O/c25-17(13-3-7-18-8-4-13)21-12-11-20-15-1-2-16(24-23-15)22-14-5-9-19-10-6-14/h1-10H,11-12H2,(H,20,23)(H,21,25)(H,19,22,24). The van der Waals surface area contributed by atoms with Crippen LogP contribution in [0.2, 0.25) is 0 Å². The third-order valence-corrected chi connectivity index (χ3v) is 3.28. The van der Waals surface area contributed by atoms with Crippen LogP contribution in [0.1, 0.15) is 10.4 Å². The van der Waals surface area contributed by atoms with Gasteiger partial charge in [-0.3, -0.25) is 14.8 Å². The van der Waals surface area contributed by atoms with Crippen LogP contribution in [0.5, 0.6) is 0 Å². The Kier molecular flexibility index (Phi) is 5.44. The maximum atomic E-state index is 11.9. The van der Waals surface area contributed by atoms with Crippen LogP contribution in [0.25, 0.3) is 0 Å². The number of carbonyl (C=O) groups excluding carboxylic acids is 1. The molecule has 0 aliphatic carbocycles. The van der Waals surface area contributed by atoms with Gasteiger partial charge in [0.15, 0.2) is 5.82 Å². The van der Waals surface area contributed by atoms with E-state index in [9.17, 15) is 4.79 Å². The molecule has 0 fully saturated rings. The molecule has 0 bridgehead atoms. The van der Waals surface area contributed by atoms with E-state index in [-0.39, 0.29) is 5.91 Å². The van der Waals surface area contributed by atoms with Crippen molar-refractivity contribution >= 4 is 23.2 Å². The molecule has 0 saturated carbocycles. The molecule has 8 nitrogen and oxygen atoms in total. The van der Waals surface area contributed by atoms with Crippen LogP contribution in [-0.4, -0.2) is 39.2 Å². The number of nitrogens with one attached hydrogen (secondary N) is 3. The van der Waals surface area contributed by atoms with Crippen LogP contribution in [0, 0.1) is 0 Å². The fraction of sp³-hybridized carbons (Fsp3) is 0.118. The Hall–Kier alpha value is -3.55. The molecule has 25 heavy (non-hydrogen) atoms. The Morgan fingerprint density at radius 1 is 0.800 bits per heavy atom. The number of pyridine rings is 2. The zero-order chi connectivity index (χ0) is 17.3. The lowest BCUT2D eigenvalue weighted by Crippen LogP contribution is -2.28. The molecule has 3 rings (SSSR count). The van der Waals surface area contributed by atoms with Crippen molar-refractivity contribution in [3.8, 4) is 0 Å². The van der Waals surface area contributed by atoms with Gasteiger partial charge in [-0.15, -0.1) is 10.2 Å². The first-order chi connectivity index (χ1) is 12.3. The molecule has 0 spiro atoms. The van der Waals surface area contributed by atoms with Gasteiger partial charge < -0.3 is 16.0 Å². The van der Waals surface area contributed by atoms with Crippen molar-refractivity contribution in [2.75, 3.05) is 23.7 Å². The van der Waals surface area contributed by atoms with E-state index in [1.54, 1.807) is 36.9 Å². The Bertz CT molecular complexity index is 794. The van der Waals surface area contributed by atoms with Crippen molar-refractivity contribution in [2.24, 2.45) is 0 Å². The molecule has 8 heteroatoms. The van der Waals surface area contributed by atoms with Gasteiger partial charge in [0.05, 0.1) is 0 Å². The minimum atomic E-state index is -0.132. The lowest BCUT2D eigenvalue weighted by atomic mass is 10.2. The molecule has 0 aliphatic heterocycles. The van der Waals surface area contributed by atoms with Gasteiger partial charge in [0.2, 0.25) is 0 Å². The zero-order valence-corrected chi connectivity index (χ0v) is 13.4. The normalized spacial score (nSPS) is 10.1. The summed E-state index contributed by atoms with van der Waals surface area (Å²) < 4.78 is 0. The number of hydrogen-bond acceptors (Lipinski definition) is 7. The highest BCUT2D eigenvalue weighted by atomic mass is 16.1. The smallest absolute Gasteiger partial charge is 0.251 e. The first-order valence-electron chi connectivity index (χ1n) is 7.74. The number of hydrogen-bond donors (Lipinski definition) is 3. The van der Waals surface area contributed by atoms with Gasteiger partial charge in [0.25, 0.3) is 5.91 Å². The lowest BCUT2D eigenvalue weighted by Gasteiger charge is -2.08. The van der Waals surface area contributed by atoms with Crippen LogP contribution >= 0.6 is 0 Å². The molecule has 3 aromatic rings. The zero-order valence-electron chi connectivity index (χ0n) is 13.4. The molecule has 3 aromatic heterocycles. The first kappa shape index (κ1) is 16.3. The van der Waals surface area contributed by atoms with E-state index in [0.29, 0.717) is 30.3 Å².